The molecule has 0 unspecified atom stereocenters. The van der Waals surface area contributed by atoms with Crippen LogP contribution in [0, 0.1) is 0 Å². The Kier molecular flexibility index (Phi) is 5.56. The molecule has 0 aliphatic rings. The van der Waals surface area contributed by atoms with E-state index in [0.717, 1.165) is 50.6 Å². The Morgan fingerprint density at radius 2 is 1.90 bits per heavy atom. The van der Waals surface area contributed by atoms with Crippen LogP contribution < -0.4 is 5.32 Å². The zero-order valence-corrected chi connectivity index (χ0v) is 12.9. The van der Waals surface area contributed by atoms with Crippen LogP contribution >= 0.6 is 0 Å². The summed E-state index contributed by atoms with van der Waals surface area (Å²) >= 11 is 0. The molecule has 0 aliphatic heterocycles. The lowest BCUT2D eigenvalue weighted by atomic mass is 10.3. The van der Waals surface area contributed by atoms with E-state index in [1.54, 1.807) is 0 Å². The fourth-order valence-electron chi connectivity index (χ4n) is 2.59. The molecule has 2 aromatic rings. The summed E-state index contributed by atoms with van der Waals surface area (Å²) in [6, 6.07) is 8.35. The molecule has 0 atom stereocenters. The molecule has 1 aromatic heterocycles. The highest BCUT2D eigenvalue weighted by molar-refractivity contribution is 5.75. The number of nitrogens with zero attached hydrogens (tertiary/aromatic N) is 3. The number of likely N-dealkylation sites (N-methyl/N-ethyl adjacent to an activating group) is 1. The summed E-state index contributed by atoms with van der Waals surface area (Å²) in [7, 11) is 0. The third kappa shape index (κ3) is 3.38. The summed E-state index contributed by atoms with van der Waals surface area (Å²) in [6.45, 7) is 12.7. The number of fused-ring (bicyclic) bond motifs is 1. The molecule has 0 radical (unpaired) electrons. The Labute approximate surface area is 121 Å². The van der Waals surface area contributed by atoms with Crippen molar-refractivity contribution >= 4 is 11.0 Å². The van der Waals surface area contributed by atoms with Gasteiger partial charge >= 0.3 is 0 Å². The molecule has 110 valence electrons. The van der Waals surface area contributed by atoms with E-state index < -0.39 is 0 Å². The minimum absolute atomic E-state index is 0.837. The van der Waals surface area contributed by atoms with Gasteiger partial charge in [-0.05, 0) is 32.1 Å². The van der Waals surface area contributed by atoms with Crippen molar-refractivity contribution in [2.45, 2.75) is 33.9 Å². The Balaban J connectivity index is 1.96. The zero-order valence-electron chi connectivity index (χ0n) is 12.9. The number of para-hydroxylation sites is 2. The minimum atomic E-state index is 0.837. The van der Waals surface area contributed by atoms with Crippen molar-refractivity contribution in [3.8, 4) is 0 Å². The number of nitrogens with one attached hydrogen (secondary N) is 1. The molecule has 0 bridgehead atoms. The summed E-state index contributed by atoms with van der Waals surface area (Å²) in [5.41, 5.74) is 2.32. The summed E-state index contributed by atoms with van der Waals surface area (Å²) < 4.78 is 2.29. The predicted molar refractivity (Wildman–Crippen MR) is 84.9 cm³/mol. The number of rotatable bonds is 8. The van der Waals surface area contributed by atoms with Crippen molar-refractivity contribution in [2.75, 3.05) is 26.2 Å². The van der Waals surface area contributed by atoms with Gasteiger partial charge in [0.05, 0.1) is 17.6 Å². The first-order chi connectivity index (χ1) is 9.80. The van der Waals surface area contributed by atoms with Crippen LogP contribution in [-0.2, 0) is 13.1 Å². The summed E-state index contributed by atoms with van der Waals surface area (Å²) in [5, 5.41) is 3.51. The highest BCUT2D eigenvalue weighted by atomic mass is 15.1. The van der Waals surface area contributed by atoms with Gasteiger partial charge in [-0.3, -0.25) is 0 Å². The topological polar surface area (TPSA) is 33.1 Å². The average Bonchev–Trinajstić information content (AvgIpc) is 2.84. The van der Waals surface area contributed by atoms with E-state index in [1.807, 2.05) is 6.07 Å². The van der Waals surface area contributed by atoms with Gasteiger partial charge in [0.1, 0.15) is 5.82 Å². The van der Waals surface area contributed by atoms with Crippen molar-refractivity contribution < 1.29 is 0 Å². The van der Waals surface area contributed by atoms with Crippen LogP contribution in [0.2, 0.25) is 0 Å². The van der Waals surface area contributed by atoms with Crippen LogP contribution in [-0.4, -0.2) is 40.6 Å². The van der Waals surface area contributed by atoms with Crippen LogP contribution in [0.25, 0.3) is 11.0 Å². The molecule has 0 aliphatic carbocycles. The molecule has 4 nitrogen and oxygen atoms in total. The van der Waals surface area contributed by atoms with Gasteiger partial charge in [0.15, 0.2) is 0 Å². The highest BCUT2D eigenvalue weighted by Crippen LogP contribution is 2.15. The quantitative estimate of drug-likeness (QED) is 0.751. The molecule has 0 saturated carbocycles. The molecule has 0 saturated heterocycles. The smallest absolute Gasteiger partial charge is 0.123 e. The zero-order chi connectivity index (χ0) is 14.4. The van der Waals surface area contributed by atoms with E-state index in [4.69, 9.17) is 4.98 Å². The van der Waals surface area contributed by atoms with Crippen molar-refractivity contribution in [3.63, 3.8) is 0 Å². The summed E-state index contributed by atoms with van der Waals surface area (Å²) in [5.74, 6) is 1.13. The van der Waals surface area contributed by atoms with E-state index in [1.165, 1.54) is 5.52 Å². The van der Waals surface area contributed by atoms with Crippen molar-refractivity contribution in [3.05, 3.63) is 30.1 Å². The largest absolute Gasteiger partial charge is 0.327 e. The van der Waals surface area contributed by atoms with Crippen LogP contribution in [0.4, 0.5) is 0 Å². The van der Waals surface area contributed by atoms with Gasteiger partial charge < -0.3 is 14.8 Å². The number of aryl methyl sites for hydroxylation is 1. The van der Waals surface area contributed by atoms with Crippen LogP contribution in [0.3, 0.4) is 0 Å². The fourth-order valence-corrected chi connectivity index (χ4v) is 2.59. The van der Waals surface area contributed by atoms with Crippen molar-refractivity contribution in [1.82, 2.24) is 19.8 Å². The van der Waals surface area contributed by atoms with E-state index in [-0.39, 0.29) is 0 Å². The van der Waals surface area contributed by atoms with Crippen LogP contribution in [0.5, 0.6) is 0 Å². The highest BCUT2D eigenvalue weighted by Gasteiger charge is 2.08. The van der Waals surface area contributed by atoms with Crippen LogP contribution in [0.15, 0.2) is 24.3 Å². The normalized spacial score (nSPS) is 11.6. The van der Waals surface area contributed by atoms with Crippen LogP contribution in [0.1, 0.15) is 26.6 Å². The molecule has 2 rings (SSSR count). The lowest BCUT2D eigenvalue weighted by Gasteiger charge is -2.18. The first-order valence-electron chi connectivity index (χ1n) is 7.67. The minimum Gasteiger partial charge on any atom is -0.327 e. The second kappa shape index (κ2) is 7.41. The standard InChI is InChI=1S/C16H26N4/c1-4-19(5-2)12-11-17-13-16-18-14-9-7-8-10-15(14)20(16)6-3/h7-10,17H,4-6,11-13H2,1-3H3. The number of imidazole rings is 1. The van der Waals surface area contributed by atoms with Gasteiger partial charge in [0, 0.05) is 19.6 Å². The summed E-state index contributed by atoms with van der Waals surface area (Å²) in [4.78, 5) is 7.15. The van der Waals surface area contributed by atoms with Gasteiger partial charge in [0.2, 0.25) is 0 Å². The molecule has 1 heterocycles. The summed E-state index contributed by atoms with van der Waals surface area (Å²) in [6.07, 6.45) is 0. The lowest BCUT2D eigenvalue weighted by molar-refractivity contribution is 0.301. The molecule has 0 spiro atoms. The third-order valence-corrected chi connectivity index (χ3v) is 3.83. The molecule has 0 amide bonds. The molecule has 20 heavy (non-hydrogen) atoms. The predicted octanol–water partition coefficient (Wildman–Crippen LogP) is 2.49. The molecule has 1 aromatic carbocycles. The second-order valence-electron chi connectivity index (χ2n) is 4.96. The maximum absolute atomic E-state index is 4.73. The van der Waals surface area contributed by atoms with E-state index in [9.17, 15) is 0 Å². The molecular formula is C16H26N4. The van der Waals surface area contributed by atoms with E-state index >= 15 is 0 Å². The van der Waals surface area contributed by atoms with Gasteiger partial charge in [-0.1, -0.05) is 26.0 Å². The number of hydrogen-bond donors (Lipinski definition) is 1. The van der Waals surface area contributed by atoms with Gasteiger partial charge in [-0.15, -0.1) is 0 Å². The van der Waals surface area contributed by atoms with Crippen molar-refractivity contribution in [2.24, 2.45) is 0 Å². The number of benzene rings is 1. The Morgan fingerprint density at radius 1 is 1.15 bits per heavy atom. The molecule has 1 N–H and O–H groups in total. The first kappa shape index (κ1) is 15.0. The number of hydrogen-bond acceptors (Lipinski definition) is 3. The average molecular weight is 274 g/mol. The first-order valence-corrected chi connectivity index (χ1v) is 7.67. The Hall–Kier alpha value is -1.39. The van der Waals surface area contributed by atoms with E-state index in [0.29, 0.717) is 0 Å². The molecule has 0 fully saturated rings. The SMILES string of the molecule is CCN(CC)CCNCc1nc2ccccc2n1CC. The van der Waals surface area contributed by atoms with Crippen molar-refractivity contribution in [1.29, 1.82) is 0 Å². The Bertz CT molecular complexity index is 528. The monoisotopic (exact) mass is 274 g/mol. The lowest BCUT2D eigenvalue weighted by Crippen LogP contribution is -2.32. The fraction of sp³-hybridized carbons (Fsp3) is 0.562. The molecule has 4 heteroatoms. The van der Waals surface area contributed by atoms with Gasteiger partial charge in [-0.25, -0.2) is 4.98 Å². The molecular weight excluding hydrogens is 248 g/mol. The maximum Gasteiger partial charge on any atom is 0.123 e. The second-order valence-corrected chi connectivity index (χ2v) is 4.96. The Morgan fingerprint density at radius 3 is 2.60 bits per heavy atom. The maximum atomic E-state index is 4.73. The third-order valence-electron chi connectivity index (χ3n) is 3.83. The number of aromatic nitrogens is 2. The van der Waals surface area contributed by atoms with E-state index in [2.05, 4.69) is 53.8 Å². The van der Waals surface area contributed by atoms with Gasteiger partial charge in [-0.2, -0.15) is 0 Å². The van der Waals surface area contributed by atoms with Gasteiger partial charge in [0.25, 0.3) is 0 Å².